The predicted molar refractivity (Wildman–Crippen MR) is 86.9 cm³/mol. The lowest BCUT2D eigenvalue weighted by atomic mass is 10.0. The Kier molecular flexibility index (Phi) is 4.63. The van der Waals surface area contributed by atoms with Gasteiger partial charge in [0.2, 0.25) is 0 Å². The standard InChI is InChI=1S/C16H17BrN2O2/c1-9-8-19-14(10(2)16(9)21-3)7-15(20)11-4-12(17)6-13(18)5-11/h4-6,8H,7,18H2,1-3H3. The normalized spacial score (nSPS) is 10.5. The summed E-state index contributed by atoms with van der Waals surface area (Å²) in [6.45, 7) is 3.84. The van der Waals surface area contributed by atoms with E-state index in [9.17, 15) is 4.79 Å². The molecule has 0 saturated heterocycles. The molecule has 0 amide bonds. The van der Waals surface area contributed by atoms with E-state index in [0.717, 1.165) is 27.0 Å². The molecule has 1 aromatic carbocycles. The first-order chi connectivity index (χ1) is 9.92. The zero-order valence-electron chi connectivity index (χ0n) is 12.2. The molecule has 0 radical (unpaired) electrons. The SMILES string of the molecule is COc1c(C)cnc(CC(=O)c2cc(N)cc(Br)c2)c1C. The second-order valence-electron chi connectivity index (χ2n) is 4.92. The lowest BCUT2D eigenvalue weighted by Gasteiger charge is -2.12. The van der Waals surface area contributed by atoms with Crippen molar-refractivity contribution in [3.8, 4) is 5.75 Å². The number of aryl methyl sites for hydroxylation is 1. The first kappa shape index (κ1) is 15.5. The van der Waals surface area contributed by atoms with E-state index in [2.05, 4.69) is 20.9 Å². The van der Waals surface area contributed by atoms with Crippen LogP contribution in [0.4, 0.5) is 5.69 Å². The number of anilines is 1. The summed E-state index contributed by atoms with van der Waals surface area (Å²) in [5, 5.41) is 0. The summed E-state index contributed by atoms with van der Waals surface area (Å²) in [6.07, 6.45) is 1.95. The van der Waals surface area contributed by atoms with Crippen LogP contribution in [0.2, 0.25) is 0 Å². The van der Waals surface area contributed by atoms with Crippen molar-refractivity contribution in [2.24, 2.45) is 0 Å². The van der Waals surface area contributed by atoms with Gasteiger partial charge in [-0.2, -0.15) is 0 Å². The van der Waals surface area contributed by atoms with Crippen molar-refractivity contribution in [3.63, 3.8) is 0 Å². The van der Waals surface area contributed by atoms with Gasteiger partial charge in [0.05, 0.1) is 19.2 Å². The van der Waals surface area contributed by atoms with Gasteiger partial charge in [0.25, 0.3) is 0 Å². The molecule has 2 N–H and O–H groups in total. The van der Waals surface area contributed by atoms with Crippen LogP contribution in [0.1, 0.15) is 27.2 Å². The van der Waals surface area contributed by atoms with E-state index in [1.807, 2.05) is 13.8 Å². The molecule has 0 saturated carbocycles. The van der Waals surface area contributed by atoms with Crippen molar-refractivity contribution >= 4 is 27.4 Å². The molecule has 0 aliphatic carbocycles. The third-order valence-electron chi connectivity index (χ3n) is 3.32. The molecule has 2 aromatic rings. The van der Waals surface area contributed by atoms with Crippen molar-refractivity contribution in [3.05, 3.63) is 51.3 Å². The zero-order chi connectivity index (χ0) is 15.6. The van der Waals surface area contributed by atoms with Gasteiger partial charge >= 0.3 is 0 Å². The van der Waals surface area contributed by atoms with Crippen LogP contribution in [0, 0.1) is 13.8 Å². The lowest BCUT2D eigenvalue weighted by Crippen LogP contribution is -2.08. The number of hydrogen-bond donors (Lipinski definition) is 1. The Balaban J connectivity index is 2.32. The van der Waals surface area contributed by atoms with Gasteiger partial charge in [-0.25, -0.2) is 0 Å². The Morgan fingerprint density at radius 3 is 2.67 bits per heavy atom. The number of pyridine rings is 1. The number of methoxy groups -OCH3 is 1. The van der Waals surface area contributed by atoms with Gasteiger partial charge in [-0.3, -0.25) is 9.78 Å². The second kappa shape index (κ2) is 6.26. The fourth-order valence-electron chi connectivity index (χ4n) is 2.28. The molecule has 1 aromatic heterocycles. The number of nitrogens with zero attached hydrogens (tertiary/aromatic N) is 1. The third kappa shape index (κ3) is 3.42. The molecule has 0 aliphatic heterocycles. The number of rotatable bonds is 4. The Morgan fingerprint density at radius 2 is 2.05 bits per heavy atom. The lowest BCUT2D eigenvalue weighted by molar-refractivity contribution is 0.0991. The van der Waals surface area contributed by atoms with Gasteiger partial charge in [0, 0.05) is 33.0 Å². The topological polar surface area (TPSA) is 65.2 Å². The van der Waals surface area contributed by atoms with Crippen molar-refractivity contribution in [2.75, 3.05) is 12.8 Å². The summed E-state index contributed by atoms with van der Waals surface area (Å²) in [5.41, 5.74) is 9.47. The van der Waals surface area contributed by atoms with Crippen molar-refractivity contribution < 1.29 is 9.53 Å². The number of benzene rings is 1. The maximum absolute atomic E-state index is 12.4. The summed E-state index contributed by atoms with van der Waals surface area (Å²) in [5.74, 6) is 0.756. The monoisotopic (exact) mass is 348 g/mol. The molecule has 21 heavy (non-hydrogen) atoms. The number of Topliss-reactive ketones (excluding diaryl/α,β-unsaturated/α-hetero) is 1. The Labute approximate surface area is 132 Å². The number of nitrogen functional groups attached to an aromatic ring is 1. The molecule has 2 rings (SSSR count). The van der Waals surface area contributed by atoms with Crippen LogP contribution >= 0.6 is 15.9 Å². The highest BCUT2D eigenvalue weighted by molar-refractivity contribution is 9.10. The van der Waals surface area contributed by atoms with Crippen LogP contribution < -0.4 is 10.5 Å². The summed E-state index contributed by atoms with van der Waals surface area (Å²) in [4.78, 5) is 16.8. The van der Waals surface area contributed by atoms with E-state index >= 15 is 0 Å². The minimum atomic E-state index is -0.0236. The van der Waals surface area contributed by atoms with E-state index in [1.54, 1.807) is 31.5 Å². The first-order valence-corrected chi connectivity index (χ1v) is 7.30. The predicted octanol–water partition coefficient (Wildman–Crippen LogP) is 3.48. The van der Waals surface area contributed by atoms with Crippen LogP contribution in [0.25, 0.3) is 0 Å². The number of carbonyl (C=O) groups excluding carboxylic acids is 1. The van der Waals surface area contributed by atoms with Gasteiger partial charge in [0.1, 0.15) is 5.75 Å². The van der Waals surface area contributed by atoms with Crippen molar-refractivity contribution in [1.82, 2.24) is 4.98 Å². The molecular weight excluding hydrogens is 332 g/mol. The first-order valence-electron chi connectivity index (χ1n) is 6.50. The second-order valence-corrected chi connectivity index (χ2v) is 5.84. The fraction of sp³-hybridized carbons (Fsp3) is 0.250. The molecule has 0 spiro atoms. The highest BCUT2D eigenvalue weighted by atomic mass is 79.9. The van der Waals surface area contributed by atoms with Crippen LogP contribution in [0.3, 0.4) is 0 Å². The molecule has 1 heterocycles. The van der Waals surface area contributed by atoms with E-state index in [0.29, 0.717) is 11.3 Å². The number of halogens is 1. The van der Waals surface area contributed by atoms with Crippen molar-refractivity contribution in [1.29, 1.82) is 0 Å². The van der Waals surface area contributed by atoms with Gasteiger partial charge in [-0.15, -0.1) is 0 Å². The van der Waals surface area contributed by atoms with Crippen LogP contribution in [-0.4, -0.2) is 17.9 Å². The van der Waals surface area contributed by atoms with E-state index in [4.69, 9.17) is 10.5 Å². The average molecular weight is 349 g/mol. The van der Waals surface area contributed by atoms with E-state index < -0.39 is 0 Å². The van der Waals surface area contributed by atoms with Crippen molar-refractivity contribution in [2.45, 2.75) is 20.3 Å². The maximum Gasteiger partial charge on any atom is 0.168 e. The largest absolute Gasteiger partial charge is 0.496 e. The zero-order valence-corrected chi connectivity index (χ0v) is 13.8. The van der Waals surface area contributed by atoms with E-state index in [1.165, 1.54) is 0 Å². The maximum atomic E-state index is 12.4. The van der Waals surface area contributed by atoms with Crippen LogP contribution in [-0.2, 0) is 6.42 Å². The molecule has 110 valence electrons. The summed E-state index contributed by atoms with van der Waals surface area (Å²) in [7, 11) is 1.62. The number of aromatic nitrogens is 1. The Bertz CT molecular complexity index is 679. The van der Waals surface area contributed by atoms with E-state index in [-0.39, 0.29) is 12.2 Å². The van der Waals surface area contributed by atoms with Crippen LogP contribution in [0.5, 0.6) is 5.75 Å². The Hall–Kier alpha value is -1.88. The minimum Gasteiger partial charge on any atom is -0.496 e. The molecule has 4 nitrogen and oxygen atoms in total. The van der Waals surface area contributed by atoms with Gasteiger partial charge in [-0.05, 0) is 32.0 Å². The minimum absolute atomic E-state index is 0.0236. The number of nitrogens with two attached hydrogens (primary N) is 1. The van der Waals surface area contributed by atoms with Gasteiger partial charge in [-0.1, -0.05) is 15.9 Å². The average Bonchev–Trinajstić information content (AvgIpc) is 2.41. The molecule has 0 aliphatic rings. The number of hydrogen-bond acceptors (Lipinski definition) is 4. The number of ketones is 1. The van der Waals surface area contributed by atoms with Gasteiger partial charge < -0.3 is 10.5 Å². The Morgan fingerprint density at radius 1 is 1.33 bits per heavy atom. The highest BCUT2D eigenvalue weighted by Crippen LogP contribution is 2.25. The quantitative estimate of drug-likeness (QED) is 0.678. The molecule has 5 heteroatoms. The third-order valence-corrected chi connectivity index (χ3v) is 3.78. The molecular formula is C16H17BrN2O2. The number of ether oxygens (including phenoxy) is 1. The molecule has 0 fully saturated rings. The molecule has 0 unspecified atom stereocenters. The molecule has 0 atom stereocenters. The summed E-state index contributed by atoms with van der Waals surface area (Å²) < 4.78 is 6.15. The molecule has 0 bridgehead atoms. The van der Waals surface area contributed by atoms with Gasteiger partial charge in [0.15, 0.2) is 5.78 Å². The smallest absolute Gasteiger partial charge is 0.168 e. The fourth-order valence-corrected chi connectivity index (χ4v) is 2.79. The highest BCUT2D eigenvalue weighted by Gasteiger charge is 2.15. The number of carbonyl (C=O) groups is 1. The summed E-state index contributed by atoms with van der Waals surface area (Å²) >= 11 is 3.35. The van der Waals surface area contributed by atoms with Crippen LogP contribution in [0.15, 0.2) is 28.9 Å². The summed E-state index contributed by atoms with van der Waals surface area (Å²) in [6, 6.07) is 5.20.